The van der Waals surface area contributed by atoms with Gasteiger partial charge >= 0.3 is 15.6 Å². The van der Waals surface area contributed by atoms with Crippen LogP contribution in [0, 0.1) is 0 Å². The highest BCUT2D eigenvalue weighted by Gasteiger charge is 2.33. The normalized spacial score (nSPS) is 15.6. The van der Waals surface area contributed by atoms with Crippen LogP contribution >= 0.6 is 15.6 Å². The van der Waals surface area contributed by atoms with Crippen molar-refractivity contribution >= 4 is 15.6 Å². The molecular weight excluding hydrogens is 286 g/mol. The largest absolute Gasteiger partial charge is 0.508 e. The second-order valence-electron chi connectivity index (χ2n) is 3.71. The summed E-state index contributed by atoms with van der Waals surface area (Å²) in [6, 6.07) is 0. The van der Waals surface area contributed by atoms with E-state index in [4.69, 9.17) is 14.7 Å². The molecule has 18 heavy (non-hydrogen) atoms. The van der Waals surface area contributed by atoms with E-state index in [1.54, 1.807) is 0 Å². The molecule has 0 aliphatic heterocycles. The number of hydrogen-bond donors (Lipinski definition) is 3. The highest BCUT2D eigenvalue weighted by Crippen LogP contribution is 2.57. The third-order valence-electron chi connectivity index (χ3n) is 1.94. The molecule has 0 fully saturated rings. The molecule has 0 aromatic rings. The molecule has 8 nitrogen and oxygen atoms in total. The van der Waals surface area contributed by atoms with Crippen LogP contribution in [0.5, 0.6) is 0 Å². The molecule has 0 spiro atoms. The molecule has 0 aliphatic carbocycles. The van der Waals surface area contributed by atoms with Crippen molar-refractivity contribution in [1.29, 1.82) is 0 Å². The molecule has 1 atom stereocenters. The molecule has 1 unspecified atom stereocenters. The van der Waals surface area contributed by atoms with Crippen molar-refractivity contribution in [2.24, 2.45) is 0 Å². The molecule has 0 amide bonds. The summed E-state index contributed by atoms with van der Waals surface area (Å²) in [5.41, 5.74) is 0. The van der Waals surface area contributed by atoms with E-state index >= 15 is 0 Å². The molecule has 0 aromatic carbocycles. The molecule has 0 heterocycles. The van der Waals surface area contributed by atoms with Crippen LogP contribution in [0.15, 0.2) is 0 Å². The zero-order valence-corrected chi connectivity index (χ0v) is 12.0. The zero-order valence-electron chi connectivity index (χ0n) is 10.2. The number of rotatable bonds is 11. The van der Waals surface area contributed by atoms with Crippen molar-refractivity contribution in [3.05, 3.63) is 0 Å². The van der Waals surface area contributed by atoms with E-state index in [1.165, 1.54) is 6.42 Å². The van der Waals surface area contributed by atoms with Crippen molar-refractivity contribution < 1.29 is 37.7 Å². The monoisotopic (exact) mass is 306 g/mol. The SMILES string of the molecule is CCCCCCCCOOP(=O)(O)OP(=O)(O)O. The first-order chi connectivity index (χ1) is 8.27. The molecule has 0 radical (unpaired) electrons. The Bertz CT molecular complexity index is 301. The minimum atomic E-state index is -5.08. The lowest BCUT2D eigenvalue weighted by molar-refractivity contribution is -0.221. The molecule has 110 valence electrons. The van der Waals surface area contributed by atoms with E-state index in [0.29, 0.717) is 6.42 Å². The summed E-state index contributed by atoms with van der Waals surface area (Å²) >= 11 is 0. The van der Waals surface area contributed by atoms with Gasteiger partial charge in [0, 0.05) is 0 Å². The lowest BCUT2D eigenvalue weighted by atomic mass is 10.1. The average molecular weight is 306 g/mol. The molecule has 0 aliphatic rings. The van der Waals surface area contributed by atoms with Gasteiger partial charge in [-0.3, -0.25) is 0 Å². The molecule has 10 heteroatoms. The summed E-state index contributed by atoms with van der Waals surface area (Å²) in [5.74, 6) is 0. The van der Waals surface area contributed by atoms with E-state index in [1.807, 2.05) is 0 Å². The van der Waals surface area contributed by atoms with Gasteiger partial charge in [0.2, 0.25) is 0 Å². The summed E-state index contributed by atoms with van der Waals surface area (Å²) in [6.45, 7) is 2.16. The van der Waals surface area contributed by atoms with Gasteiger partial charge in [0.1, 0.15) is 0 Å². The quantitative estimate of drug-likeness (QED) is 0.230. The van der Waals surface area contributed by atoms with Crippen LogP contribution in [-0.2, 0) is 23.0 Å². The summed E-state index contributed by atoms with van der Waals surface area (Å²) in [6.07, 6.45) is 5.98. The van der Waals surface area contributed by atoms with Crippen LogP contribution in [0.4, 0.5) is 0 Å². The molecular formula is C8H20O8P2. The van der Waals surface area contributed by atoms with Crippen molar-refractivity contribution in [2.75, 3.05) is 6.61 Å². The summed E-state index contributed by atoms with van der Waals surface area (Å²) in [5, 5.41) is 0. The van der Waals surface area contributed by atoms with Gasteiger partial charge in [0.05, 0.1) is 6.61 Å². The smallest absolute Gasteiger partial charge is 0.302 e. The lowest BCUT2D eigenvalue weighted by Crippen LogP contribution is -1.98. The van der Waals surface area contributed by atoms with E-state index in [2.05, 4.69) is 20.8 Å². The Hall–Kier alpha value is 0.220. The first-order valence-electron chi connectivity index (χ1n) is 5.68. The Morgan fingerprint density at radius 2 is 1.50 bits per heavy atom. The van der Waals surface area contributed by atoms with Gasteiger partial charge in [-0.1, -0.05) is 39.0 Å². The highest BCUT2D eigenvalue weighted by molar-refractivity contribution is 7.60. The first-order valence-corrected chi connectivity index (χ1v) is 8.70. The second-order valence-corrected chi connectivity index (χ2v) is 6.43. The van der Waals surface area contributed by atoms with Gasteiger partial charge in [0.25, 0.3) is 0 Å². The summed E-state index contributed by atoms with van der Waals surface area (Å²) in [4.78, 5) is 29.8. The minimum absolute atomic E-state index is 0.0567. The maximum atomic E-state index is 10.9. The fourth-order valence-corrected chi connectivity index (χ4v) is 2.59. The van der Waals surface area contributed by atoms with Gasteiger partial charge in [0.15, 0.2) is 0 Å². The first kappa shape index (κ1) is 18.2. The second kappa shape index (κ2) is 9.18. The lowest BCUT2D eigenvalue weighted by Gasteiger charge is -2.10. The van der Waals surface area contributed by atoms with Crippen LogP contribution in [0.1, 0.15) is 45.4 Å². The van der Waals surface area contributed by atoms with Crippen molar-refractivity contribution in [2.45, 2.75) is 45.4 Å². The molecule has 0 aromatic heterocycles. The predicted octanol–water partition coefficient (Wildman–Crippen LogP) is 2.50. The maximum absolute atomic E-state index is 10.9. The third kappa shape index (κ3) is 12.7. The van der Waals surface area contributed by atoms with Crippen LogP contribution < -0.4 is 0 Å². The average Bonchev–Trinajstić information content (AvgIpc) is 2.18. The Balaban J connectivity index is 3.54. The van der Waals surface area contributed by atoms with Gasteiger partial charge in [-0.15, -0.1) is 4.67 Å². The fourth-order valence-electron chi connectivity index (χ4n) is 1.19. The fraction of sp³-hybridized carbons (Fsp3) is 1.00. The van der Waals surface area contributed by atoms with Gasteiger partial charge in [-0.05, 0) is 6.42 Å². The molecule has 0 rings (SSSR count). The van der Waals surface area contributed by atoms with Crippen molar-refractivity contribution in [3.8, 4) is 0 Å². The van der Waals surface area contributed by atoms with E-state index in [9.17, 15) is 9.13 Å². The Morgan fingerprint density at radius 1 is 0.944 bits per heavy atom. The number of phosphoric acid groups is 2. The predicted molar refractivity (Wildman–Crippen MR) is 63.4 cm³/mol. The topological polar surface area (TPSA) is 123 Å². The Kier molecular flexibility index (Phi) is 9.29. The number of unbranched alkanes of at least 4 members (excludes halogenated alkanes) is 5. The van der Waals surface area contributed by atoms with Crippen molar-refractivity contribution in [3.63, 3.8) is 0 Å². The van der Waals surface area contributed by atoms with Gasteiger partial charge < -0.3 is 14.7 Å². The van der Waals surface area contributed by atoms with E-state index < -0.39 is 15.6 Å². The Labute approximate surface area is 106 Å². The van der Waals surface area contributed by atoms with Crippen LogP contribution in [0.2, 0.25) is 0 Å². The zero-order chi connectivity index (χ0) is 14.1. The molecule has 0 saturated carbocycles. The minimum Gasteiger partial charge on any atom is -0.302 e. The maximum Gasteiger partial charge on any atom is 0.508 e. The molecule has 0 saturated heterocycles. The van der Waals surface area contributed by atoms with E-state index in [0.717, 1.165) is 25.7 Å². The van der Waals surface area contributed by atoms with Crippen molar-refractivity contribution in [1.82, 2.24) is 0 Å². The standard InChI is InChI=1S/C8H20O8P2/c1-2-3-4-5-6-7-8-14-15-18(12,13)16-17(9,10)11/h2-8H2,1H3,(H,12,13)(H2,9,10,11). The van der Waals surface area contributed by atoms with Gasteiger partial charge in [-0.2, -0.15) is 4.31 Å². The van der Waals surface area contributed by atoms with Crippen LogP contribution in [0.25, 0.3) is 0 Å². The third-order valence-corrected chi connectivity index (χ3v) is 3.91. The molecule has 3 N–H and O–H groups in total. The highest BCUT2D eigenvalue weighted by atomic mass is 31.3. The van der Waals surface area contributed by atoms with E-state index in [-0.39, 0.29) is 6.61 Å². The van der Waals surface area contributed by atoms with Crippen LogP contribution in [-0.4, -0.2) is 21.3 Å². The molecule has 0 bridgehead atoms. The van der Waals surface area contributed by atoms with Gasteiger partial charge in [-0.25, -0.2) is 14.0 Å². The summed E-state index contributed by atoms with van der Waals surface area (Å²) < 4.78 is 28.6. The number of hydrogen-bond acceptors (Lipinski definition) is 5. The van der Waals surface area contributed by atoms with Crippen LogP contribution in [0.3, 0.4) is 0 Å². The summed E-state index contributed by atoms with van der Waals surface area (Å²) in [7, 11) is -9.94. The Morgan fingerprint density at radius 3 is 2.06 bits per heavy atom.